The summed E-state index contributed by atoms with van der Waals surface area (Å²) in [6, 6.07) is 0. The fourth-order valence-electron chi connectivity index (χ4n) is 8.17. The molecule has 4 aliphatic rings. The number of fused-ring (bicyclic) bond motifs is 5. The highest BCUT2D eigenvalue weighted by molar-refractivity contribution is 5.93. The Morgan fingerprint density at radius 3 is 2.51 bits per heavy atom. The molecule has 1 N–H and O–H groups in total. The normalized spacial score (nSPS) is 40.1. The van der Waals surface area contributed by atoms with Crippen molar-refractivity contribution >= 4 is 23.5 Å². The Balaban J connectivity index is 1.70. The fourth-order valence-corrected chi connectivity index (χ4v) is 8.17. The molecule has 3 fully saturated rings. The lowest BCUT2D eigenvalue weighted by Gasteiger charge is -2.60. The van der Waals surface area contributed by atoms with E-state index in [-0.39, 0.29) is 47.6 Å². The predicted molar refractivity (Wildman–Crippen MR) is 128 cm³/mol. The Morgan fingerprint density at radius 2 is 1.83 bits per heavy atom. The number of esters is 2. The van der Waals surface area contributed by atoms with Crippen LogP contribution in [0.5, 0.6) is 0 Å². The first-order chi connectivity index (χ1) is 16.5. The summed E-state index contributed by atoms with van der Waals surface area (Å²) in [5.41, 5.74) is -1.25. The van der Waals surface area contributed by atoms with Gasteiger partial charge in [-0.25, -0.2) is 0 Å². The van der Waals surface area contributed by atoms with Crippen LogP contribution in [0, 0.1) is 28.6 Å². The highest BCUT2D eigenvalue weighted by Crippen LogP contribution is 2.68. The van der Waals surface area contributed by atoms with Crippen LogP contribution in [0.4, 0.5) is 0 Å². The largest absolute Gasteiger partial charge is 0.457 e. The van der Waals surface area contributed by atoms with Gasteiger partial charge in [-0.3, -0.25) is 19.2 Å². The van der Waals surface area contributed by atoms with Crippen LogP contribution in [0.1, 0.15) is 91.9 Å². The third-order valence-corrected chi connectivity index (χ3v) is 9.86. The molecule has 0 aromatic carbocycles. The number of hydrogen-bond acceptors (Lipinski definition) is 7. The molecule has 0 radical (unpaired) electrons. The van der Waals surface area contributed by atoms with E-state index in [2.05, 4.69) is 6.92 Å². The van der Waals surface area contributed by atoms with Crippen molar-refractivity contribution in [3.63, 3.8) is 0 Å². The van der Waals surface area contributed by atoms with Gasteiger partial charge in [-0.2, -0.15) is 0 Å². The third kappa shape index (κ3) is 4.08. The number of allylic oxidation sites excluding steroid dienone is 1. The number of carbonyl (C=O) groups is 4. The van der Waals surface area contributed by atoms with E-state index in [9.17, 15) is 24.3 Å². The van der Waals surface area contributed by atoms with Crippen LogP contribution in [0.25, 0.3) is 0 Å². The van der Waals surface area contributed by atoms with Crippen molar-refractivity contribution in [2.45, 2.75) is 104 Å². The average Bonchev–Trinajstić information content (AvgIpc) is 3.09. The zero-order chi connectivity index (χ0) is 25.6. The molecule has 4 rings (SSSR count). The van der Waals surface area contributed by atoms with Gasteiger partial charge in [-0.15, -0.1) is 0 Å². The van der Waals surface area contributed by atoms with Gasteiger partial charge >= 0.3 is 11.9 Å². The van der Waals surface area contributed by atoms with Gasteiger partial charge in [0.1, 0.15) is 0 Å². The molecule has 1 unspecified atom stereocenters. The number of hydrogen-bond donors (Lipinski definition) is 1. The van der Waals surface area contributed by atoms with Crippen molar-refractivity contribution in [1.82, 2.24) is 0 Å². The van der Waals surface area contributed by atoms with Gasteiger partial charge < -0.3 is 14.6 Å². The zero-order valence-electron chi connectivity index (χ0n) is 21.6. The van der Waals surface area contributed by atoms with Crippen molar-refractivity contribution in [2.75, 3.05) is 6.61 Å². The molecule has 0 aromatic rings. The minimum Gasteiger partial charge on any atom is -0.457 e. The maximum absolute atomic E-state index is 13.7. The van der Waals surface area contributed by atoms with Crippen LogP contribution >= 0.6 is 0 Å². The van der Waals surface area contributed by atoms with Crippen LogP contribution in [0.2, 0.25) is 0 Å². The van der Waals surface area contributed by atoms with Gasteiger partial charge in [0.15, 0.2) is 18.0 Å². The number of aliphatic hydroxyl groups is 1. The summed E-state index contributed by atoms with van der Waals surface area (Å²) in [6.07, 6.45) is 6.41. The third-order valence-electron chi connectivity index (χ3n) is 9.86. The highest BCUT2D eigenvalue weighted by Gasteiger charge is 2.70. The van der Waals surface area contributed by atoms with E-state index in [0.717, 1.165) is 24.8 Å². The van der Waals surface area contributed by atoms with E-state index in [1.54, 1.807) is 13.0 Å². The number of ketones is 2. The van der Waals surface area contributed by atoms with Crippen LogP contribution in [0.15, 0.2) is 11.6 Å². The summed E-state index contributed by atoms with van der Waals surface area (Å²) in [5.74, 6) is -0.852. The molecule has 0 aliphatic heterocycles. The first kappa shape index (κ1) is 26.1. The number of ether oxygens (including phenoxy) is 2. The molecule has 4 aliphatic carbocycles. The van der Waals surface area contributed by atoms with E-state index in [1.165, 1.54) is 0 Å². The molecule has 0 heterocycles. The molecule has 194 valence electrons. The SMILES string of the molecule is CCCC(=O)OC1(C(=O)COC(=O)CC)CC[C@H]2[C@@H]3CCC4=CC(=O)CC[C@]4(C)[C@H]3[C@@H](O)C[C@@]21C. The second-order valence-corrected chi connectivity index (χ2v) is 11.6. The first-order valence-corrected chi connectivity index (χ1v) is 13.3. The summed E-state index contributed by atoms with van der Waals surface area (Å²) in [6.45, 7) is 7.30. The summed E-state index contributed by atoms with van der Waals surface area (Å²) in [5, 5.41) is 11.6. The van der Waals surface area contributed by atoms with Crippen LogP contribution in [-0.2, 0) is 28.7 Å². The van der Waals surface area contributed by atoms with Crippen molar-refractivity contribution in [3.8, 4) is 0 Å². The van der Waals surface area contributed by atoms with Gasteiger partial charge in [0, 0.05) is 24.7 Å². The molecular formula is C28H40O7. The number of carbonyl (C=O) groups excluding carboxylic acids is 4. The average molecular weight is 489 g/mol. The Morgan fingerprint density at radius 1 is 1.09 bits per heavy atom. The van der Waals surface area contributed by atoms with E-state index >= 15 is 0 Å². The van der Waals surface area contributed by atoms with Gasteiger partial charge in [-0.05, 0) is 74.2 Å². The molecule has 0 bridgehead atoms. The Labute approximate surface area is 208 Å². The molecular weight excluding hydrogens is 448 g/mol. The summed E-state index contributed by atoms with van der Waals surface area (Å²) >= 11 is 0. The highest BCUT2D eigenvalue weighted by atomic mass is 16.6. The molecule has 0 saturated heterocycles. The molecule has 7 nitrogen and oxygen atoms in total. The number of aliphatic hydroxyl groups excluding tert-OH is 1. The van der Waals surface area contributed by atoms with E-state index < -0.39 is 35.7 Å². The predicted octanol–water partition coefficient (Wildman–Crippen LogP) is 4.09. The molecule has 0 aromatic heterocycles. The summed E-state index contributed by atoms with van der Waals surface area (Å²) in [7, 11) is 0. The lowest BCUT2D eigenvalue weighted by atomic mass is 9.45. The van der Waals surface area contributed by atoms with Crippen molar-refractivity contribution in [1.29, 1.82) is 0 Å². The molecule has 0 amide bonds. The monoisotopic (exact) mass is 488 g/mol. The number of rotatable bonds is 7. The second kappa shape index (κ2) is 9.45. The lowest BCUT2D eigenvalue weighted by Crippen LogP contribution is -2.63. The van der Waals surface area contributed by atoms with E-state index in [4.69, 9.17) is 9.47 Å². The number of Topliss-reactive ketones (excluding diaryl/α,β-unsaturated/α-hetero) is 1. The van der Waals surface area contributed by atoms with E-state index in [0.29, 0.717) is 32.1 Å². The second-order valence-electron chi connectivity index (χ2n) is 11.6. The Kier molecular flexibility index (Phi) is 7.04. The maximum atomic E-state index is 13.7. The van der Waals surface area contributed by atoms with Gasteiger partial charge in [0.25, 0.3) is 0 Å². The lowest BCUT2D eigenvalue weighted by molar-refractivity contribution is -0.203. The summed E-state index contributed by atoms with van der Waals surface area (Å²) < 4.78 is 11.3. The van der Waals surface area contributed by atoms with E-state index in [1.807, 2.05) is 13.8 Å². The smallest absolute Gasteiger partial charge is 0.306 e. The molecule has 7 atom stereocenters. The van der Waals surface area contributed by atoms with Crippen LogP contribution in [0.3, 0.4) is 0 Å². The quantitative estimate of drug-likeness (QED) is 0.538. The molecule has 7 heteroatoms. The first-order valence-electron chi connectivity index (χ1n) is 13.3. The zero-order valence-corrected chi connectivity index (χ0v) is 21.6. The minimum absolute atomic E-state index is 0.00356. The molecule has 3 saturated carbocycles. The Hall–Kier alpha value is -2.02. The Bertz CT molecular complexity index is 938. The van der Waals surface area contributed by atoms with Gasteiger partial charge in [0.2, 0.25) is 5.78 Å². The maximum Gasteiger partial charge on any atom is 0.306 e. The van der Waals surface area contributed by atoms with Crippen molar-refractivity contribution < 1.29 is 33.8 Å². The van der Waals surface area contributed by atoms with Gasteiger partial charge in [0.05, 0.1) is 6.10 Å². The molecule has 0 spiro atoms. The standard InChI is InChI=1S/C28H40O7/c1-5-7-24(33)35-28(22(31)16-34-23(32)6-2)13-11-20-19-9-8-17-14-18(29)10-12-26(17,3)25(19)21(30)15-27(20,28)4/h14,19-21,25,30H,5-13,15-16H2,1-4H3/t19-,20-,21-,25+,26-,27-,28?/m0/s1. The topological polar surface area (TPSA) is 107 Å². The van der Waals surface area contributed by atoms with Crippen LogP contribution in [-0.4, -0.2) is 46.9 Å². The van der Waals surface area contributed by atoms with Crippen LogP contribution < -0.4 is 0 Å². The fraction of sp³-hybridized carbons (Fsp3) is 0.786. The van der Waals surface area contributed by atoms with Crippen molar-refractivity contribution in [2.24, 2.45) is 28.6 Å². The summed E-state index contributed by atoms with van der Waals surface area (Å²) in [4.78, 5) is 50.4. The van der Waals surface area contributed by atoms with Gasteiger partial charge in [-0.1, -0.05) is 33.3 Å². The molecule has 35 heavy (non-hydrogen) atoms. The minimum atomic E-state index is -1.41. The van der Waals surface area contributed by atoms with Crippen molar-refractivity contribution in [3.05, 3.63) is 11.6 Å².